The smallest absolute Gasteiger partial charge is 0.254 e. The van der Waals surface area contributed by atoms with Crippen LogP contribution in [0.1, 0.15) is 47.2 Å². The number of piperazine rings is 1. The number of hydrogen-bond donors (Lipinski definition) is 0. The Balaban J connectivity index is 1.32. The van der Waals surface area contributed by atoms with Crippen LogP contribution >= 0.6 is 0 Å². The monoisotopic (exact) mass is 434 g/mol. The second kappa shape index (κ2) is 9.91. The topological polar surface area (TPSA) is 76.4 Å². The van der Waals surface area contributed by atoms with E-state index in [9.17, 15) is 4.79 Å². The van der Waals surface area contributed by atoms with E-state index in [4.69, 9.17) is 4.74 Å². The lowest BCUT2D eigenvalue weighted by molar-refractivity contribution is 0.0628. The summed E-state index contributed by atoms with van der Waals surface area (Å²) in [6.45, 7) is 10.5. The minimum atomic E-state index is 0.0393. The highest BCUT2D eigenvalue weighted by molar-refractivity contribution is 5.94. The lowest BCUT2D eigenvalue weighted by Gasteiger charge is -2.34. The molecule has 0 spiro atoms. The Morgan fingerprint density at radius 3 is 2.53 bits per heavy atom. The van der Waals surface area contributed by atoms with E-state index in [0.717, 1.165) is 32.7 Å². The first kappa shape index (κ1) is 22.0. The Morgan fingerprint density at radius 1 is 1.06 bits per heavy atom. The van der Waals surface area contributed by atoms with E-state index in [1.165, 1.54) is 11.1 Å². The van der Waals surface area contributed by atoms with E-state index in [-0.39, 0.29) is 18.6 Å². The first-order valence-electron chi connectivity index (χ1n) is 11.1. The van der Waals surface area contributed by atoms with Crippen molar-refractivity contribution >= 4 is 5.91 Å². The van der Waals surface area contributed by atoms with Gasteiger partial charge in [-0.1, -0.05) is 35.9 Å². The maximum atomic E-state index is 13.0. The fraction of sp³-hybridized carbons (Fsp3) is 0.417. The maximum Gasteiger partial charge on any atom is 0.254 e. The molecular formula is C24H30N6O2. The Labute approximate surface area is 188 Å². The molecule has 0 N–H and O–H groups in total. The molecular weight excluding hydrogens is 404 g/mol. The molecule has 32 heavy (non-hydrogen) atoms. The van der Waals surface area contributed by atoms with Gasteiger partial charge in [-0.25, -0.2) is 4.68 Å². The number of aryl methyl sites for hydroxylation is 1. The van der Waals surface area contributed by atoms with Crippen LogP contribution in [0.4, 0.5) is 0 Å². The number of benzene rings is 2. The van der Waals surface area contributed by atoms with E-state index >= 15 is 0 Å². The van der Waals surface area contributed by atoms with Crippen LogP contribution in [-0.4, -0.2) is 62.1 Å². The van der Waals surface area contributed by atoms with Gasteiger partial charge >= 0.3 is 0 Å². The van der Waals surface area contributed by atoms with Crippen LogP contribution in [0.3, 0.4) is 0 Å². The van der Waals surface area contributed by atoms with Crippen LogP contribution in [0.2, 0.25) is 0 Å². The van der Waals surface area contributed by atoms with Crippen LogP contribution in [0, 0.1) is 6.92 Å². The average Bonchev–Trinajstić information content (AvgIpc) is 3.29. The van der Waals surface area contributed by atoms with Crippen molar-refractivity contribution in [2.75, 3.05) is 26.2 Å². The zero-order chi connectivity index (χ0) is 22.5. The first-order valence-corrected chi connectivity index (χ1v) is 11.1. The summed E-state index contributed by atoms with van der Waals surface area (Å²) in [5.41, 5.74) is 3.22. The maximum absolute atomic E-state index is 13.0. The lowest BCUT2D eigenvalue weighted by Crippen LogP contribution is -2.48. The van der Waals surface area contributed by atoms with Crippen LogP contribution in [0.25, 0.3) is 0 Å². The quantitative estimate of drug-likeness (QED) is 0.569. The van der Waals surface area contributed by atoms with E-state index in [0.29, 0.717) is 17.1 Å². The molecule has 3 aromatic rings. The Morgan fingerprint density at radius 2 is 1.81 bits per heavy atom. The van der Waals surface area contributed by atoms with Gasteiger partial charge in [0.15, 0.2) is 5.82 Å². The zero-order valence-corrected chi connectivity index (χ0v) is 18.9. The first-order chi connectivity index (χ1) is 15.5. The Hall–Kier alpha value is -3.26. The molecule has 1 aliphatic rings. The Kier molecular flexibility index (Phi) is 6.80. The van der Waals surface area contributed by atoms with E-state index in [2.05, 4.69) is 51.6 Å². The molecule has 2 heterocycles. The number of amides is 1. The average molecular weight is 435 g/mol. The molecule has 0 bridgehead atoms. The summed E-state index contributed by atoms with van der Waals surface area (Å²) in [5.74, 6) is 1.33. The van der Waals surface area contributed by atoms with Gasteiger partial charge in [-0.2, -0.15) is 0 Å². The van der Waals surface area contributed by atoms with Crippen LogP contribution in [0.15, 0.2) is 48.5 Å². The minimum absolute atomic E-state index is 0.0393. The lowest BCUT2D eigenvalue weighted by atomic mass is 10.1. The number of tetrazole rings is 1. The molecule has 4 rings (SSSR count). The van der Waals surface area contributed by atoms with Gasteiger partial charge in [0.25, 0.3) is 5.91 Å². The van der Waals surface area contributed by atoms with Gasteiger partial charge < -0.3 is 9.64 Å². The number of hydrogen-bond acceptors (Lipinski definition) is 6. The number of carbonyl (C=O) groups is 1. The van der Waals surface area contributed by atoms with Gasteiger partial charge in [0, 0.05) is 38.3 Å². The molecule has 1 aromatic heterocycles. The SMILES string of the molecule is Cc1ccc(CN2CCN(C(=O)c3cccc(OCc4nnnn4C(C)C)c3)CC2)cc1. The fourth-order valence-electron chi connectivity index (χ4n) is 3.82. The predicted octanol–water partition coefficient (Wildman–Crippen LogP) is 3.10. The van der Waals surface area contributed by atoms with Crippen LogP contribution in [-0.2, 0) is 13.2 Å². The summed E-state index contributed by atoms with van der Waals surface area (Å²) in [6, 6.07) is 16.1. The van der Waals surface area contributed by atoms with Gasteiger partial charge in [0.2, 0.25) is 0 Å². The van der Waals surface area contributed by atoms with E-state index < -0.39 is 0 Å². The van der Waals surface area contributed by atoms with Crippen molar-refractivity contribution in [2.24, 2.45) is 0 Å². The summed E-state index contributed by atoms with van der Waals surface area (Å²) in [5, 5.41) is 11.7. The van der Waals surface area contributed by atoms with Crippen LogP contribution in [0.5, 0.6) is 5.75 Å². The molecule has 1 fully saturated rings. The normalized spacial score (nSPS) is 14.7. The second-order valence-corrected chi connectivity index (χ2v) is 8.50. The van der Waals surface area contributed by atoms with Crippen molar-refractivity contribution in [1.82, 2.24) is 30.0 Å². The number of nitrogens with zero attached hydrogens (tertiary/aromatic N) is 6. The van der Waals surface area contributed by atoms with E-state index in [1.54, 1.807) is 10.7 Å². The molecule has 1 saturated heterocycles. The van der Waals surface area contributed by atoms with Gasteiger partial charge in [-0.3, -0.25) is 9.69 Å². The van der Waals surface area contributed by atoms with Crippen LogP contribution < -0.4 is 4.74 Å². The van der Waals surface area contributed by atoms with Gasteiger partial charge in [0.05, 0.1) is 6.04 Å². The summed E-state index contributed by atoms with van der Waals surface area (Å²) in [7, 11) is 0. The predicted molar refractivity (Wildman–Crippen MR) is 121 cm³/mol. The molecule has 0 atom stereocenters. The molecule has 0 unspecified atom stereocenters. The standard InChI is InChI=1S/C24H30N6O2/c1-18(2)30-23(25-26-27-30)17-32-22-6-4-5-21(15-22)24(31)29-13-11-28(12-14-29)16-20-9-7-19(3)8-10-20/h4-10,15,18H,11-14,16-17H2,1-3H3. The molecule has 8 heteroatoms. The molecule has 8 nitrogen and oxygen atoms in total. The third-order valence-corrected chi connectivity index (χ3v) is 5.69. The number of carbonyl (C=O) groups excluding carboxylic acids is 1. The molecule has 1 amide bonds. The summed E-state index contributed by atoms with van der Waals surface area (Å²) in [4.78, 5) is 17.4. The third kappa shape index (κ3) is 5.31. The van der Waals surface area contributed by atoms with Gasteiger partial charge in [0.1, 0.15) is 12.4 Å². The van der Waals surface area contributed by atoms with Crippen molar-refractivity contribution in [3.63, 3.8) is 0 Å². The molecule has 1 aliphatic heterocycles. The number of rotatable bonds is 7. The highest BCUT2D eigenvalue weighted by atomic mass is 16.5. The van der Waals surface area contributed by atoms with Crippen molar-refractivity contribution in [1.29, 1.82) is 0 Å². The third-order valence-electron chi connectivity index (χ3n) is 5.69. The van der Waals surface area contributed by atoms with Crippen molar-refractivity contribution in [3.8, 4) is 5.75 Å². The summed E-state index contributed by atoms with van der Waals surface area (Å²) in [6.07, 6.45) is 0. The molecule has 0 saturated carbocycles. The number of aromatic nitrogens is 4. The molecule has 2 aromatic carbocycles. The summed E-state index contributed by atoms with van der Waals surface area (Å²) >= 11 is 0. The Bertz CT molecular complexity index is 1040. The molecule has 168 valence electrons. The second-order valence-electron chi connectivity index (χ2n) is 8.50. The van der Waals surface area contributed by atoms with Crippen molar-refractivity contribution in [2.45, 2.75) is 40.0 Å². The fourth-order valence-corrected chi connectivity index (χ4v) is 3.82. The summed E-state index contributed by atoms with van der Waals surface area (Å²) < 4.78 is 7.60. The molecule has 0 radical (unpaired) electrons. The largest absolute Gasteiger partial charge is 0.486 e. The van der Waals surface area contributed by atoms with Crippen molar-refractivity contribution in [3.05, 3.63) is 71.0 Å². The molecule has 0 aliphatic carbocycles. The number of ether oxygens (including phenoxy) is 1. The van der Waals surface area contributed by atoms with Crippen molar-refractivity contribution < 1.29 is 9.53 Å². The van der Waals surface area contributed by atoms with Gasteiger partial charge in [-0.15, -0.1) is 5.10 Å². The highest BCUT2D eigenvalue weighted by Crippen LogP contribution is 2.18. The zero-order valence-electron chi connectivity index (χ0n) is 18.9. The minimum Gasteiger partial charge on any atom is -0.486 e. The van der Waals surface area contributed by atoms with E-state index in [1.807, 2.05) is 36.9 Å². The van der Waals surface area contributed by atoms with Gasteiger partial charge in [-0.05, 0) is 55.0 Å². The highest BCUT2D eigenvalue weighted by Gasteiger charge is 2.22.